The van der Waals surface area contributed by atoms with Gasteiger partial charge in [-0.15, -0.1) is 0 Å². The van der Waals surface area contributed by atoms with Crippen LogP contribution < -0.4 is 10.6 Å². The SMILES string of the molecule is CCOC(=O)[C@H](C)C[C@@H](Cc1ccc(-c2ccccc2)cc1)NC(=O)CCC(=O)N[C@@H](C)C(=O)O. The zero-order valence-corrected chi connectivity index (χ0v) is 20.5. The second kappa shape index (κ2) is 13.9. The third kappa shape index (κ3) is 9.60. The molecule has 0 saturated heterocycles. The molecule has 8 heteroatoms. The van der Waals surface area contributed by atoms with Gasteiger partial charge in [0.1, 0.15) is 6.04 Å². The fourth-order valence-corrected chi connectivity index (χ4v) is 3.65. The third-order valence-corrected chi connectivity index (χ3v) is 5.56. The van der Waals surface area contributed by atoms with Gasteiger partial charge in [0, 0.05) is 18.9 Å². The number of benzene rings is 2. The Bertz CT molecular complexity index is 990. The molecule has 2 rings (SSSR count). The van der Waals surface area contributed by atoms with Gasteiger partial charge in [0.15, 0.2) is 0 Å². The van der Waals surface area contributed by atoms with Crippen LogP contribution in [0.5, 0.6) is 0 Å². The maximum Gasteiger partial charge on any atom is 0.325 e. The quantitative estimate of drug-likeness (QED) is 0.377. The van der Waals surface area contributed by atoms with E-state index in [0.717, 1.165) is 16.7 Å². The van der Waals surface area contributed by atoms with Crippen LogP contribution in [0.25, 0.3) is 11.1 Å². The zero-order chi connectivity index (χ0) is 25.8. The molecule has 3 atom stereocenters. The Labute approximate surface area is 206 Å². The lowest BCUT2D eigenvalue weighted by Gasteiger charge is -2.22. The van der Waals surface area contributed by atoms with Crippen molar-refractivity contribution in [2.75, 3.05) is 6.61 Å². The smallest absolute Gasteiger partial charge is 0.325 e. The number of carbonyl (C=O) groups is 4. The molecule has 35 heavy (non-hydrogen) atoms. The predicted octanol–water partition coefficient (Wildman–Crippen LogP) is 3.34. The number of carboxylic acid groups (broad SMARTS) is 1. The summed E-state index contributed by atoms with van der Waals surface area (Å²) >= 11 is 0. The topological polar surface area (TPSA) is 122 Å². The second-order valence-corrected chi connectivity index (χ2v) is 8.55. The van der Waals surface area contributed by atoms with Gasteiger partial charge in [-0.05, 0) is 43.4 Å². The van der Waals surface area contributed by atoms with Gasteiger partial charge in [0.05, 0.1) is 12.5 Å². The van der Waals surface area contributed by atoms with E-state index in [0.29, 0.717) is 12.8 Å². The summed E-state index contributed by atoms with van der Waals surface area (Å²) in [5.41, 5.74) is 3.19. The highest BCUT2D eigenvalue weighted by atomic mass is 16.5. The highest BCUT2D eigenvalue weighted by molar-refractivity contribution is 5.86. The van der Waals surface area contributed by atoms with Crippen molar-refractivity contribution < 1.29 is 29.0 Å². The minimum absolute atomic E-state index is 0.0879. The fourth-order valence-electron chi connectivity index (χ4n) is 3.65. The average Bonchev–Trinajstić information content (AvgIpc) is 2.83. The van der Waals surface area contributed by atoms with Gasteiger partial charge in [-0.1, -0.05) is 61.5 Å². The molecule has 0 bridgehead atoms. The zero-order valence-electron chi connectivity index (χ0n) is 20.5. The number of aliphatic carboxylic acids is 1. The minimum atomic E-state index is -1.14. The van der Waals surface area contributed by atoms with E-state index < -0.39 is 23.8 Å². The van der Waals surface area contributed by atoms with Crippen molar-refractivity contribution in [1.82, 2.24) is 10.6 Å². The normalized spacial score (nSPS) is 13.2. The van der Waals surface area contributed by atoms with Crippen molar-refractivity contribution in [2.45, 2.75) is 58.5 Å². The molecule has 8 nitrogen and oxygen atoms in total. The van der Waals surface area contributed by atoms with Crippen LogP contribution in [-0.4, -0.2) is 47.6 Å². The summed E-state index contributed by atoms with van der Waals surface area (Å²) in [5, 5.41) is 14.1. The van der Waals surface area contributed by atoms with Gasteiger partial charge < -0.3 is 20.5 Å². The van der Waals surface area contributed by atoms with Gasteiger partial charge in [-0.3, -0.25) is 19.2 Å². The van der Waals surface area contributed by atoms with E-state index >= 15 is 0 Å². The summed E-state index contributed by atoms with van der Waals surface area (Å²) in [4.78, 5) is 47.5. The molecular weight excluding hydrogens is 448 g/mol. The summed E-state index contributed by atoms with van der Waals surface area (Å²) < 4.78 is 5.11. The lowest BCUT2D eigenvalue weighted by atomic mass is 9.94. The first-order valence-electron chi connectivity index (χ1n) is 11.8. The van der Waals surface area contributed by atoms with Crippen LogP contribution in [-0.2, 0) is 30.3 Å². The number of carbonyl (C=O) groups excluding carboxylic acids is 3. The lowest BCUT2D eigenvalue weighted by molar-refractivity contribution is -0.148. The van der Waals surface area contributed by atoms with E-state index in [1.807, 2.05) is 54.6 Å². The van der Waals surface area contributed by atoms with Gasteiger partial charge in [0.2, 0.25) is 11.8 Å². The molecule has 0 aliphatic carbocycles. The molecular formula is C27H34N2O6. The number of nitrogens with one attached hydrogen (secondary N) is 2. The van der Waals surface area contributed by atoms with Crippen molar-refractivity contribution in [3.8, 4) is 11.1 Å². The number of amides is 2. The Balaban J connectivity index is 2.03. The third-order valence-electron chi connectivity index (χ3n) is 5.56. The van der Waals surface area contributed by atoms with Crippen LogP contribution in [0.3, 0.4) is 0 Å². The van der Waals surface area contributed by atoms with Crippen molar-refractivity contribution in [1.29, 1.82) is 0 Å². The van der Waals surface area contributed by atoms with Gasteiger partial charge in [-0.25, -0.2) is 0 Å². The molecule has 0 unspecified atom stereocenters. The molecule has 2 aromatic carbocycles. The maximum absolute atomic E-state index is 12.6. The molecule has 0 radical (unpaired) electrons. The molecule has 0 aromatic heterocycles. The number of esters is 1. The van der Waals surface area contributed by atoms with E-state index in [4.69, 9.17) is 9.84 Å². The van der Waals surface area contributed by atoms with Crippen LogP contribution in [0.15, 0.2) is 54.6 Å². The summed E-state index contributed by atoms with van der Waals surface area (Å²) in [6.07, 6.45) is 0.671. The number of carboxylic acids is 1. The van der Waals surface area contributed by atoms with Crippen LogP contribution in [0.4, 0.5) is 0 Å². The lowest BCUT2D eigenvalue weighted by Crippen LogP contribution is -2.41. The van der Waals surface area contributed by atoms with Crippen LogP contribution in [0.2, 0.25) is 0 Å². The van der Waals surface area contributed by atoms with Crippen molar-refractivity contribution in [3.05, 3.63) is 60.2 Å². The Morgan fingerprint density at radius 3 is 2.00 bits per heavy atom. The monoisotopic (exact) mass is 482 g/mol. The van der Waals surface area contributed by atoms with E-state index in [2.05, 4.69) is 10.6 Å². The van der Waals surface area contributed by atoms with Crippen LogP contribution in [0.1, 0.15) is 45.6 Å². The molecule has 0 fully saturated rings. The number of hydrogen-bond donors (Lipinski definition) is 3. The maximum atomic E-state index is 12.6. The second-order valence-electron chi connectivity index (χ2n) is 8.55. The molecule has 0 heterocycles. The summed E-state index contributed by atoms with van der Waals surface area (Å²) in [5.74, 6) is -2.74. The first kappa shape index (κ1) is 27.6. The number of rotatable bonds is 13. The van der Waals surface area contributed by atoms with E-state index in [1.54, 1.807) is 13.8 Å². The van der Waals surface area contributed by atoms with Crippen molar-refractivity contribution in [3.63, 3.8) is 0 Å². The van der Waals surface area contributed by atoms with Gasteiger partial charge >= 0.3 is 11.9 Å². The van der Waals surface area contributed by atoms with E-state index in [-0.39, 0.29) is 37.4 Å². The van der Waals surface area contributed by atoms with Crippen molar-refractivity contribution in [2.24, 2.45) is 5.92 Å². The van der Waals surface area contributed by atoms with Gasteiger partial charge in [-0.2, -0.15) is 0 Å². The standard InChI is InChI=1S/C27H34N2O6/c1-4-35-27(34)18(2)16-23(29-25(31)15-14-24(30)28-19(3)26(32)33)17-20-10-12-22(13-11-20)21-8-6-5-7-9-21/h5-13,18-19,23H,4,14-17H2,1-3H3,(H,28,30)(H,29,31)(H,32,33)/t18-,19+,23+/m1/s1. The highest BCUT2D eigenvalue weighted by Gasteiger charge is 2.22. The number of ether oxygens (including phenoxy) is 1. The van der Waals surface area contributed by atoms with Crippen LogP contribution in [0, 0.1) is 5.92 Å². The van der Waals surface area contributed by atoms with E-state index in [1.165, 1.54) is 6.92 Å². The van der Waals surface area contributed by atoms with E-state index in [9.17, 15) is 19.2 Å². The fraction of sp³-hybridized carbons (Fsp3) is 0.407. The van der Waals surface area contributed by atoms with Gasteiger partial charge in [0.25, 0.3) is 0 Å². The first-order chi connectivity index (χ1) is 16.7. The Morgan fingerprint density at radius 2 is 1.43 bits per heavy atom. The minimum Gasteiger partial charge on any atom is -0.480 e. The molecule has 2 amide bonds. The first-order valence-corrected chi connectivity index (χ1v) is 11.8. The Morgan fingerprint density at radius 1 is 0.857 bits per heavy atom. The Hall–Kier alpha value is -3.68. The molecule has 0 saturated carbocycles. The van der Waals surface area contributed by atoms with Crippen molar-refractivity contribution >= 4 is 23.8 Å². The Kier molecular flexibility index (Phi) is 10.9. The molecule has 0 spiro atoms. The molecule has 0 aliphatic heterocycles. The summed E-state index contributed by atoms with van der Waals surface area (Å²) in [7, 11) is 0. The van der Waals surface area contributed by atoms with Crippen LogP contribution >= 0.6 is 0 Å². The average molecular weight is 483 g/mol. The highest BCUT2D eigenvalue weighted by Crippen LogP contribution is 2.21. The molecule has 0 aliphatic rings. The predicted molar refractivity (Wildman–Crippen MR) is 132 cm³/mol. The molecule has 2 aromatic rings. The largest absolute Gasteiger partial charge is 0.480 e. The molecule has 188 valence electrons. The molecule has 3 N–H and O–H groups in total. The summed E-state index contributed by atoms with van der Waals surface area (Å²) in [6.45, 7) is 5.14. The number of hydrogen-bond acceptors (Lipinski definition) is 5. The summed E-state index contributed by atoms with van der Waals surface area (Å²) in [6, 6.07) is 16.7.